The molecule has 1 aliphatic carbocycles. The van der Waals surface area contributed by atoms with Crippen LogP contribution in [0.5, 0.6) is 0 Å². The predicted molar refractivity (Wildman–Crippen MR) is 158 cm³/mol. The van der Waals surface area contributed by atoms with Crippen molar-refractivity contribution in [2.45, 2.75) is 64.5 Å². The molecular formula is C29H35BrFN7O4. The number of rotatable bonds is 9. The largest absolute Gasteiger partial charge is 0.444 e. The first-order valence-corrected chi connectivity index (χ1v) is 14.6. The molecule has 2 aromatic carbocycles. The fraction of sp³-hybridized carbons (Fsp3) is 0.448. The predicted octanol–water partition coefficient (Wildman–Crippen LogP) is 4.77. The minimum absolute atomic E-state index is 0.0982. The Kier molecular flexibility index (Phi) is 10.3. The van der Waals surface area contributed by atoms with Gasteiger partial charge in [-0.1, -0.05) is 28.1 Å². The summed E-state index contributed by atoms with van der Waals surface area (Å²) in [7, 11) is 0. The van der Waals surface area contributed by atoms with Crippen LogP contribution in [0.3, 0.4) is 0 Å². The van der Waals surface area contributed by atoms with Crippen LogP contribution in [0, 0.1) is 17.7 Å². The number of ether oxygens (including phenoxy) is 1. The summed E-state index contributed by atoms with van der Waals surface area (Å²) in [4.78, 5) is 38.7. The molecule has 1 fully saturated rings. The van der Waals surface area contributed by atoms with E-state index in [0.29, 0.717) is 19.4 Å². The molecule has 3 amide bonds. The molecule has 0 aliphatic heterocycles. The Labute approximate surface area is 251 Å². The third-order valence-corrected chi connectivity index (χ3v) is 7.49. The maximum absolute atomic E-state index is 14.7. The molecule has 4 N–H and O–H groups in total. The van der Waals surface area contributed by atoms with E-state index < -0.39 is 29.5 Å². The van der Waals surface area contributed by atoms with Crippen molar-refractivity contribution in [3.63, 3.8) is 0 Å². The molecule has 42 heavy (non-hydrogen) atoms. The van der Waals surface area contributed by atoms with Crippen LogP contribution in [-0.2, 0) is 20.7 Å². The molecule has 3 aromatic rings. The fourth-order valence-corrected chi connectivity index (χ4v) is 5.07. The average molecular weight is 645 g/mol. The minimum atomic E-state index is -0.884. The van der Waals surface area contributed by atoms with Crippen LogP contribution in [0.2, 0.25) is 0 Å². The number of carbonyl (C=O) groups is 3. The monoisotopic (exact) mass is 643 g/mol. The van der Waals surface area contributed by atoms with Crippen LogP contribution >= 0.6 is 15.9 Å². The van der Waals surface area contributed by atoms with Crippen LogP contribution in [0.1, 0.15) is 52.0 Å². The molecule has 1 saturated carbocycles. The SMILES string of the molecule is CC(C)(C)OC(=O)NCC1CCC(C(=O)NC(Cc2ccc(Br)cc2)C(=O)Nc2ccc(-c3nn[nH]n3)c(F)c2)CC1. The number of tetrazole rings is 1. The van der Waals surface area contributed by atoms with E-state index in [9.17, 15) is 18.8 Å². The Morgan fingerprint density at radius 3 is 2.43 bits per heavy atom. The number of H-pyrrole nitrogens is 1. The van der Waals surface area contributed by atoms with Crippen molar-refractivity contribution in [2.24, 2.45) is 11.8 Å². The molecule has 1 aliphatic rings. The zero-order valence-electron chi connectivity index (χ0n) is 23.7. The number of amides is 3. The summed E-state index contributed by atoms with van der Waals surface area (Å²) in [5, 5.41) is 21.8. The van der Waals surface area contributed by atoms with Crippen molar-refractivity contribution in [3.05, 3.63) is 58.3 Å². The van der Waals surface area contributed by atoms with Crippen LogP contribution in [0.4, 0.5) is 14.9 Å². The lowest BCUT2D eigenvalue weighted by Crippen LogP contribution is -2.48. The third-order valence-electron chi connectivity index (χ3n) is 6.96. The first-order chi connectivity index (χ1) is 20.0. The topological polar surface area (TPSA) is 151 Å². The maximum Gasteiger partial charge on any atom is 0.407 e. The van der Waals surface area contributed by atoms with E-state index in [2.05, 4.69) is 52.5 Å². The van der Waals surface area contributed by atoms with Crippen LogP contribution in [0.15, 0.2) is 46.9 Å². The molecule has 11 nitrogen and oxygen atoms in total. The zero-order chi connectivity index (χ0) is 30.3. The Morgan fingerprint density at radius 1 is 1.10 bits per heavy atom. The van der Waals surface area contributed by atoms with Crippen molar-refractivity contribution in [1.29, 1.82) is 0 Å². The molecule has 1 aromatic heterocycles. The highest BCUT2D eigenvalue weighted by Gasteiger charge is 2.30. The second kappa shape index (κ2) is 13.9. The summed E-state index contributed by atoms with van der Waals surface area (Å²) in [6.07, 6.45) is 2.62. The summed E-state index contributed by atoms with van der Waals surface area (Å²) in [6, 6.07) is 10.8. The lowest BCUT2D eigenvalue weighted by atomic mass is 9.81. The molecule has 1 unspecified atom stereocenters. The second-order valence-electron chi connectivity index (χ2n) is 11.4. The summed E-state index contributed by atoms with van der Waals surface area (Å²) >= 11 is 3.41. The Hall–Kier alpha value is -3.87. The van der Waals surface area contributed by atoms with E-state index in [1.807, 2.05) is 45.0 Å². The first-order valence-electron chi connectivity index (χ1n) is 13.8. The van der Waals surface area contributed by atoms with Crippen LogP contribution < -0.4 is 16.0 Å². The molecule has 4 rings (SSSR count). The lowest BCUT2D eigenvalue weighted by Gasteiger charge is -2.29. The van der Waals surface area contributed by atoms with E-state index in [-0.39, 0.29) is 41.2 Å². The number of anilines is 1. The number of nitrogens with zero attached hydrogens (tertiary/aromatic N) is 3. The van der Waals surface area contributed by atoms with Gasteiger partial charge in [0.05, 0.1) is 5.56 Å². The number of nitrogens with one attached hydrogen (secondary N) is 4. The normalized spacial score (nSPS) is 17.6. The summed E-state index contributed by atoms with van der Waals surface area (Å²) < 4.78 is 20.9. The van der Waals surface area contributed by atoms with E-state index >= 15 is 0 Å². The van der Waals surface area contributed by atoms with Crippen molar-refractivity contribution in [3.8, 4) is 11.4 Å². The standard InChI is InChI=1S/C29H35BrFN7O4/c1-29(2,3)42-28(41)32-16-18-4-8-19(9-5-18)26(39)34-24(14-17-6-10-20(30)11-7-17)27(40)33-21-12-13-22(23(31)15-21)25-35-37-38-36-25/h6-7,10-13,15,18-19,24H,4-5,8-9,14,16H2,1-3H3,(H,32,41)(H,33,40)(H,34,39)(H,35,36,37,38). The van der Waals surface area contributed by atoms with Gasteiger partial charge in [0.15, 0.2) is 0 Å². The van der Waals surface area contributed by atoms with E-state index in [0.717, 1.165) is 22.9 Å². The van der Waals surface area contributed by atoms with Crippen molar-refractivity contribution in [2.75, 3.05) is 11.9 Å². The van der Waals surface area contributed by atoms with Gasteiger partial charge in [-0.25, -0.2) is 9.18 Å². The summed E-state index contributed by atoms with van der Waals surface area (Å²) in [5.74, 6) is -1.21. The molecule has 0 saturated heterocycles. The zero-order valence-corrected chi connectivity index (χ0v) is 25.3. The minimum Gasteiger partial charge on any atom is -0.444 e. The fourth-order valence-electron chi connectivity index (χ4n) is 4.81. The quantitative estimate of drug-likeness (QED) is 0.262. The molecule has 1 heterocycles. The third kappa shape index (κ3) is 9.07. The molecule has 0 radical (unpaired) electrons. The highest BCUT2D eigenvalue weighted by atomic mass is 79.9. The number of hydrogen-bond donors (Lipinski definition) is 4. The molecule has 0 bridgehead atoms. The van der Waals surface area contributed by atoms with Crippen molar-refractivity contribution < 1.29 is 23.5 Å². The number of aromatic nitrogens is 4. The number of halogens is 2. The van der Waals surface area contributed by atoms with Crippen molar-refractivity contribution in [1.82, 2.24) is 31.3 Å². The molecule has 1 atom stereocenters. The van der Waals surface area contributed by atoms with E-state index in [4.69, 9.17) is 4.74 Å². The summed E-state index contributed by atoms with van der Waals surface area (Å²) in [5.41, 5.74) is 0.663. The number of aromatic amines is 1. The lowest BCUT2D eigenvalue weighted by molar-refractivity contribution is -0.130. The first kappa shape index (κ1) is 31.1. The van der Waals surface area contributed by atoms with Gasteiger partial charge in [-0.05, 0) is 93.5 Å². The molecule has 224 valence electrons. The van der Waals surface area contributed by atoms with Gasteiger partial charge >= 0.3 is 6.09 Å². The van der Waals surface area contributed by atoms with Gasteiger partial charge in [-0.3, -0.25) is 9.59 Å². The molecular weight excluding hydrogens is 609 g/mol. The number of benzene rings is 2. The number of alkyl carbamates (subject to hydrolysis) is 1. The van der Waals surface area contributed by atoms with Gasteiger partial charge in [0, 0.05) is 29.0 Å². The van der Waals surface area contributed by atoms with E-state index in [1.54, 1.807) is 0 Å². The number of hydrogen-bond acceptors (Lipinski definition) is 7. The van der Waals surface area contributed by atoms with Gasteiger partial charge in [0.25, 0.3) is 0 Å². The maximum atomic E-state index is 14.7. The molecule has 0 spiro atoms. The van der Waals surface area contributed by atoms with Crippen LogP contribution in [-0.4, -0.2) is 56.7 Å². The van der Waals surface area contributed by atoms with Crippen molar-refractivity contribution >= 4 is 39.5 Å². The summed E-state index contributed by atoms with van der Waals surface area (Å²) in [6.45, 7) is 5.92. The van der Waals surface area contributed by atoms with Gasteiger partial charge in [0.1, 0.15) is 17.5 Å². The van der Waals surface area contributed by atoms with Gasteiger partial charge in [-0.15, -0.1) is 10.2 Å². The Balaban J connectivity index is 1.37. The Bertz CT molecular complexity index is 1370. The molecule has 13 heteroatoms. The van der Waals surface area contributed by atoms with Gasteiger partial charge < -0.3 is 20.7 Å². The highest BCUT2D eigenvalue weighted by Crippen LogP contribution is 2.29. The number of carbonyl (C=O) groups excluding carboxylic acids is 3. The smallest absolute Gasteiger partial charge is 0.407 e. The second-order valence-corrected chi connectivity index (χ2v) is 12.3. The highest BCUT2D eigenvalue weighted by molar-refractivity contribution is 9.10. The van der Waals surface area contributed by atoms with Gasteiger partial charge in [-0.2, -0.15) is 5.21 Å². The Morgan fingerprint density at radius 2 is 1.81 bits per heavy atom. The van der Waals surface area contributed by atoms with E-state index in [1.165, 1.54) is 18.2 Å². The van der Waals surface area contributed by atoms with Crippen LogP contribution in [0.25, 0.3) is 11.4 Å². The average Bonchev–Trinajstić information content (AvgIpc) is 3.47. The van der Waals surface area contributed by atoms with Gasteiger partial charge in [0.2, 0.25) is 17.6 Å².